The Balaban J connectivity index is 0.00000300. The lowest BCUT2D eigenvalue weighted by molar-refractivity contribution is 0.597. The molecule has 0 saturated carbocycles. The lowest BCUT2D eigenvalue weighted by Crippen LogP contribution is -2.44. The molecule has 1 saturated heterocycles. The number of aryl methyl sites for hydroxylation is 2. The molecule has 0 radical (unpaired) electrons. The number of anilines is 1. The van der Waals surface area contributed by atoms with Gasteiger partial charge < -0.3 is 20.1 Å². The van der Waals surface area contributed by atoms with Crippen LogP contribution in [0.15, 0.2) is 41.7 Å². The maximum Gasteiger partial charge on any atom is 0.191 e. The number of hydrogen-bond acceptors (Lipinski definition) is 3. The SMILES string of the molecule is CCNC(=NCCCCn1ccnc1C)NC1CCN(c2cccc(Cl)c2)C1.I. The van der Waals surface area contributed by atoms with Crippen molar-refractivity contribution in [2.24, 2.45) is 4.99 Å². The Morgan fingerprint density at radius 3 is 2.93 bits per heavy atom. The van der Waals surface area contributed by atoms with Crippen molar-refractivity contribution in [1.82, 2.24) is 20.2 Å². The number of rotatable bonds is 8. The summed E-state index contributed by atoms with van der Waals surface area (Å²) in [5.74, 6) is 1.99. The standard InChI is InChI=1S/C21H31ClN6.HI/c1-3-23-21(25-10-4-5-12-27-14-11-24-17(27)2)26-19-9-13-28(16-19)20-8-6-7-18(22)15-20;/h6-8,11,14-15,19H,3-5,9-10,12-13,16H2,1-2H3,(H2,23,25,26);1H. The van der Waals surface area contributed by atoms with Crippen LogP contribution in [0, 0.1) is 6.92 Å². The molecule has 1 fully saturated rings. The van der Waals surface area contributed by atoms with Gasteiger partial charge >= 0.3 is 0 Å². The van der Waals surface area contributed by atoms with Gasteiger partial charge in [-0.25, -0.2) is 4.98 Å². The number of unbranched alkanes of at least 4 members (excludes halogenated alkanes) is 1. The molecule has 3 rings (SSSR count). The summed E-state index contributed by atoms with van der Waals surface area (Å²) in [7, 11) is 0. The van der Waals surface area contributed by atoms with Gasteiger partial charge in [0.25, 0.3) is 0 Å². The quantitative estimate of drug-likeness (QED) is 0.234. The minimum absolute atomic E-state index is 0. The number of aliphatic imine (C=N–C) groups is 1. The van der Waals surface area contributed by atoms with Crippen molar-refractivity contribution in [2.45, 2.75) is 45.7 Å². The van der Waals surface area contributed by atoms with Gasteiger partial charge in [0.05, 0.1) is 0 Å². The van der Waals surface area contributed by atoms with Gasteiger partial charge in [-0.2, -0.15) is 0 Å². The van der Waals surface area contributed by atoms with E-state index in [-0.39, 0.29) is 24.0 Å². The molecule has 2 aromatic rings. The monoisotopic (exact) mass is 530 g/mol. The van der Waals surface area contributed by atoms with E-state index in [4.69, 9.17) is 16.6 Å². The highest BCUT2D eigenvalue weighted by atomic mass is 127. The molecule has 1 aromatic carbocycles. The van der Waals surface area contributed by atoms with Gasteiger partial charge in [0, 0.05) is 61.9 Å². The molecule has 1 atom stereocenters. The van der Waals surface area contributed by atoms with Crippen molar-refractivity contribution in [2.75, 3.05) is 31.1 Å². The second-order valence-corrected chi connectivity index (χ2v) is 7.63. The van der Waals surface area contributed by atoms with Crippen LogP contribution in [0.4, 0.5) is 5.69 Å². The van der Waals surface area contributed by atoms with Gasteiger partial charge in [0.15, 0.2) is 5.96 Å². The number of guanidine groups is 1. The van der Waals surface area contributed by atoms with E-state index in [1.54, 1.807) is 0 Å². The van der Waals surface area contributed by atoms with Gasteiger partial charge in [0.2, 0.25) is 0 Å². The molecule has 0 spiro atoms. The molecule has 8 heteroatoms. The Morgan fingerprint density at radius 1 is 1.34 bits per heavy atom. The van der Waals surface area contributed by atoms with E-state index >= 15 is 0 Å². The number of imidazole rings is 1. The second kappa shape index (κ2) is 12.3. The fourth-order valence-corrected chi connectivity index (χ4v) is 3.71. The van der Waals surface area contributed by atoms with Gasteiger partial charge in [-0.05, 0) is 51.3 Å². The van der Waals surface area contributed by atoms with Crippen molar-refractivity contribution in [3.8, 4) is 0 Å². The molecule has 0 aliphatic carbocycles. The van der Waals surface area contributed by atoms with Crippen LogP contribution in [0.3, 0.4) is 0 Å². The van der Waals surface area contributed by atoms with Gasteiger partial charge in [0.1, 0.15) is 5.82 Å². The minimum atomic E-state index is 0. The summed E-state index contributed by atoms with van der Waals surface area (Å²) < 4.78 is 2.19. The first-order chi connectivity index (χ1) is 13.7. The topological polar surface area (TPSA) is 57.5 Å². The van der Waals surface area contributed by atoms with Crippen LogP contribution >= 0.6 is 35.6 Å². The Hall–Kier alpha value is -1.48. The number of aromatic nitrogens is 2. The van der Waals surface area contributed by atoms with Crippen LogP contribution in [-0.2, 0) is 6.54 Å². The fraction of sp³-hybridized carbons (Fsp3) is 0.524. The minimum Gasteiger partial charge on any atom is -0.369 e. The van der Waals surface area contributed by atoms with Crippen molar-refractivity contribution < 1.29 is 0 Å². The molecule has 1 aromatic heterocycles. The van der Waals surface area contributed by atoms with Crippen LogP contribution in [0.5, 0.6) is 0 Å². The van der Waals surface area contributed by atoms with Crippen molar-refractivity contribution in [3.63, 3.8) is 0 Å². The van der Waals surface area contributed by atoms with Crippen LogP contribution in [0.1, 0.15) is 32.0 Å². The molecule has 1 unspecified atom stereocenters. The average Bonchev–Trinajstić information content (AvgIpc) is 3.31. The maximum atomic E-state index is 6.13. The molecule has 1 aliphatic rings. The highest BCUT2D eigenvalue weighted by Gasteiger charge is 2.23. The Morgan fingerprint density at radius 2 is 2.21 bits per heavy atom. The van der Waals surface area contributed by atoms with Crippen molar-refractivity contribution in [1.29, 1.82) is 0 Å². The van der Waals surface area contributed by atoms with Crippen molar-refractivity contribution >= 4 is 47.2 Å². The summed E-state index contributed by atoms with van der Waals surface area (Å²) in [5.41, 5.74) is 1.19. The Labute approximate surface area is 196 Å². The molecule has 160 valence electrons. The van der Waals surface area contributed by atoms with E-state index in [9.17, 15) is 0 Å². The first-order valence-corrected chi connectivity index (χ1v) is 10.6. The van der Waals surface area contributed by atoms with Gasteiger partial charge in [-0.1, -0.05) is 17.7 Å². The lowest BCUT2D eigenvalue weighted by Gasteiger charge is -2.20. The van der Waals surface area contributed by atoms with Gasteiger partial charge in [-0.15, -0.1) is 24.0 Å². The summed E-state index contributed by atoms with van der Waals surface area (Å²) in [6, 6.07) is 8.47. The number of nitrogens with one attached hydrogen (secondary N) is 2. The average molecular weight is 531 g/mol. The molecule has 2 heterocycles. The van der Waals surface area contributed by atoms with E-state index in [1.165, 1.54) is 5.69 Å². The van der Waals surface area contributed by atoms with E-state index in [0.717, 1.165) is 68.8 Å². The number of benzene rings is 1. The third-order valence-corrected chi connectivity index (χ3v) is 5.28. The largest absolute Gasteiger partial charge is 0.369 e. The predicted octanol–water partition coefficient (Wildman–Crippen LogP) is 4.08. The second-order valence-electron chi connectivity index (χ2n) is 7.19. The van der Waals surface area contributed by atoms with E-state index < -0.39 is 0 Å². The zero-order valence-electron chi connectivity index (χ0n) is 17.3. The third-order valence-electron chi connectivity index (χ3n) is 5.05. The predicted molar refractivity (Wildman–Crippen MR) is 133 cm³/mol. The van der Waals surface area contributed by atoms with E-state index in [0.29, 0.717) is 6.04 Å². The first kappa shape index (κ1) is 23.8. The molecular formula is C21H32ClIN6. The number of halogens is 2. The molecule has 0 bridgehead atoms. The molecule has 1 aliphatic heterocycles. The fourth-order valence-electron chi connectivity index (χ4n) is 3.52. The molecule has 2 N–H and O–H groups in total. The van der Waals surface area contributed by atoms with Crippen LogP contribution in [-0.4, -0.2) is 47.7 Å². The van der Waals surface area contributed by atoms with Crippen molar-refractivity contribution in [3.05, 3.63) is 47.5 Å². The number of nitrogens with zero attached hydrogens (tertiary/aromatic N) is 4. The summed E-state index contributed by atoms with van der Waals surface area (Å²) in [6.07, 6.45) is 7.15. The lowest BCUT2D eigenvalue weighted by atomic mass is 10.2. The van der Waals surface area contributed by atoms with Crippen LogP contribution in [0.25, 0.3) is 0 Å². The Bertz CT molecular complexity index is 778. The van der Waals surface area contributed by atoms with Crippen LogP contribution in [0.2, 0.25) is 5.02 Å². The highest BCUT2D eigenvalue weighted by Crippen LogP contribution is 2.23. The molecule has 29 heavy (non-hydrogen) atoms. The summed E-state index contributed by atoms with van der Waals surface area (Å²) in [5, 5.41) is 7.75. The first-order valence-electron chi connectivity index (χ1n) is 10.2. The number of hydrogen-bond donors (Lipinski definition) is 2. The molecule has 6 nitrogen and oxygen atoms in total. The molecular weight excluding hydrogens is 499 g/mol. The maximum absolute atomic E-state index is 6.13. The van der Waals surface area contributed by atoms with E-state index in [2.05, 4.69) is 38.1 Å². The van der Waals surface area contributed by atoms with Crippen LogP contribution < -0.4 is 15.5 Å². The zero-order chi connectivity index (χ0) is 19.8. The summed E-state index contributed by atoms with van der Waals surface area (Å²) in [6.45, 7) is 8.83. The van der Waals surface area contributed by atoms with Gasteiger partial charge in [-0.3, -0.25) is 4.99 Å². The zero-order valence-corrected chi connectivity index (χ0v) is 20.4. The summed E-state index contributed by atoms with van der Waals surface area (Å²) in [4.78, 5) is 11.4. The smallest absolute Gasteiger partial charge is 0.191 e. The normalized spacial score (nSPS) is 16.6. The highest BCUT2D eigenvalue weighted by molar-refractivity contribution is 14.0. The summed E-state index contributed by atoms with van der Waals surface area (Å²) >= 11 is 6.13. The third kappa shape index (κ3) is 7.37. The molecule has 0 amide bonds. The Kier molecular flexibility index (Phi) is 10.1. The van der Waals surface area contributed by atoms with E-state index in [1.807, 2.05) is 37.5 Å².